The second-order valence-corrected chi connectivity index (χ2v) is 5.68. The summed E-state index contributed by atoms with van der Waals surface area (Å²) in [5.74, 6) is 1.15. The third kappa shape index (κ3) is 5.85. The Hall–Kier alpha value is -1.26. The summed E-state index contributed by atoms with van der Waals surface area (Å²) in [4.78, 5) is 14.1. The molecule has 0 unspecified atom stereocenters. The van der Waals surface area contributed by atoms with Crippen molar-refractivity contribution in [3.8, 4) is 5.75 Å². The Balaban J connectivity index is 0.00000242. The van der Waals surface area contributed by atoms with E-state index in [0.29, 0.717) is 13.0 Å². The molecule has 1 aliphatic rings. The average molecular weight is 327 g/mol. The van der Waals surface area contributed by atoms with Crippen molar-refractivity contribution in [2.45, 2.75) is 33.1 Å². The van der Waals surface area contributed by atoms with E-state index in [1.54, 1.807) is 0 Å². The van der Waals surface area contributed by atoms with Crippen LogP contribution in [0, 0.1) is 13.8 Å². The van der Waals surface area contributed by atoms with Crippen LogP contribution in [0.3, 0.4) is 0 Å². The van der Waals surface area contributed by atoms with Gasteiger partial charge in [0.1, 0.15) is 5.75 Å². The van der Waals surface area contributed by atoms with Gasteiger partial charge in [-0.15, -0.1) is 12.4 Å². The van der Waals surface area contributed by atoms with Crippen molar-refractivity contribution in [3.63, 3.8) is 0 Å². The molecule has 0 bridgehead atoms. The number of benzene rings is 1. The number of halogens is 1. The molecule has 1 amide bonds. The molecule has 1 aromatic carbocycles. The SMILES string of the molecule is Cc1ccc(OCCCC(=O)N2CCCNCC2)cc1C.Cl. The summed E-state index contributed by atoms with van der Waals surface area (Å²) in [5.41, 5.74) is 2.51. The minimum atomic E-state index is 0. The molecule has 22 heavy (non-hydrogen) atoms. The Labute approximate surface area is 139 Å². The van der Waals surface area contributed by atoms with Gasteiger partial charge in [-0.2, -0.15) is 0 Å². The summed E-state index contributed by atoms with van der Waals surface area (Å²) in [6.07, 6.45) is 2.39. The van der Waals surface area contributed by atoms with Gasteiger partial charge in [0.15, 0.2) is 0 Å². The van der Waals surface area contributed by atoms with Crippen molar-refractivity contribution >= 4 is 18.3 Å². The van der Waals surface area contributed by atoms with Gasteiger partial charge in [-0.1, -0.05) is 6.07 Å². The first-order valence-electron chi connectivity index (χ1n) is 7.85. The van der Waals surface area contributed by atoms with E-state index in [1.165, 1.54) is 11.1 Å². The summed E-state index contributed by atoms with van der Waals surface area (Å²) in [6.45, 7) is 8.40. The average Bonchev–Trinajstić information content (AvgIpc) is 2.76. The predicted molar refractivity (Wildman–Crippen MR) is 92.0 cm³/mol. The molecule has 1 saturated heterocycles. The number of nitrogens with zero attached hydrogens (tertiary/aromatic N) is 1. The third-order valence-electron chi connectivity index (χ3n) is 3.97. The molecule has 0 aromatic heterocycles. The molecule has 0 aliphatic carbocycles. The van der Waals surface area contributed by atoms with Crippen molar-refractivity contribution < 1.29 is 9.53 Å². The van der Waals surface area contributed by atoms with Crippen molar-refractivity contribution in [1.29, 1.82) is 0 Å². The number of hydrogen-bond donors (Lipinski definition) is 1. The van der Waals surface area contributed by atoms with Gasteiger partial charge in [-0.05, 0) is 56.5 Å². The van der Waals surface area contributed by atoms with E-state index in [0.717, 1.165) is 44.8 Å². The van der Waals surface area contributed by atoms with Crippen LogP contribution in [-0.4, -0.2) is 43.6 Å². The third-order valence-corrected chi connectivity index (χ3v) is 3.97. The van der Waals surface area contributed by atoms with Gasteiger partial charge in [0, 0.05) is 26.1 Å². The second kappa shape index (κ2) is 9.70. The van der Waals surface area contributed by atoms with E-state index in [9.17, 15) is 4.79 Å². The van der Waals surface area contributed by atoms with Gasteiger partial charge in [0.25, 0.3) is 0 Å². The van der Waals surface area contributed by atoms with E-state index >= 15 is 0 Å². The van der Waals surface area contributed by atoms with Crippen molar-refractivity contribution in [2.75, 3.05) is 32.8 Å². The lowest BCUT2D eigenvalue weighted by Crippen LogP contribution is -2.34. The van der Waals surface area contributed by atoms with Crippen LogP contribution in [0.1, 0.15) is 30.4 Å². The highest BCUT2D eigenvalue weighted by Gasteiger charge is 2.14. The van der Waals surface area contributed by atoms with Gasteiger partial charge in [0.2, 0.25) is 5.91 Å². The van der Waals surface area contributed by atoms with Gasteiger partial charge < -0.3 is 15.0 Å². The standard InChI is InChI=1S/C17H26N2O2.ClH/c1-14-6-7-16(13-15(14)2)21-12-3-5-17(20)19-10-4-8-18-9-11-19;/h6-7,13,18H,3-5,8-12H2,1-2H3;1H. The fraction of sp³-hybridized carbons (Fsp3) is 0.588. The number of amides is 1. The quantitative estimate of drug-likeness (QED) is 0.846. The highest BCUT2D eigenvalue weighted by Crippen LogP contribution is 2.16. The van der Waals surface area contributed by atoms with E-state index in [1.807, 2.05) is 11.0 Å². The lowest BCUT2D eigenvalue weighted by Gasteiger charge is -2.19. The zero-order valence-electron chi connectivity index (χ0n) is 13.6. The second-order valence-electron chi connectivity index (χ2n) is 5.68. The summed E-state index contributed by atoms with van der Waals surface area (Å²) < 4.78 is 5.72. The predicted octanol–water partition coefficient (Wildman–Crippen LogP) is 2.71. The van der Waals surface area contributed by atoms with Crippen molar-refractivity contribution in [1.82, 2.24) is 10.2 Å². The summed E-state index contributed by atoms with van der Waals surface area (Å²) >= 11 is 0. The van der Waals surface area contributed by atoms with Crippen LogP contribution in [0.5, 0.6) is 5.75 Å². The summed E-state index contributed by atoms with van der Waals surface area (Å²) in [7, 11) is 0. The number of hydrogen-bond acceptors (Lipinski definition) is 3. The molecule has 0 atom stereocenters. The molecule has 0 saturated carbocycles. The van der Waals surface area contributed by atoms with Crippen LogP contribution in [0.2, 0.25) is 0 Å². The van der Waals surface area contributed by atoms with E-state index in [-0.39, 0.29) is 18.3 Å². The Kier molecular flexibility index (Phi) is 8.28. The van der Waals surface area contributed by atoms with Crippen molar-refractivity contribution in [2.24, 2.45) is 0 Å². The van der Waals surface area contributed by atoms with Gasteiger partial charge in [-0.3, -0.25) is 4.79 Å². The molecule has 0 spiro atoms. The molecule has 5 heteroatoms. The van der Waals surface area contributed by atoms with Crippen LogP contribution < -0.4 is 10.1 Å². The highest BCUT2D eigenvalue weighted by atomic mass is 35.5. The first-order chi connectivity index (χ1) is 10.2. The molecule has 2 rings (SSSR count). The van der Waals surface area contributed by atoms with Crippen LogP contribution in [-0.2, 0) is 4.79 Å². The number of rotatable bonds is 5. The maximum absolute atomic E-state index is 12.1. The van der Waals surface area contributed by atoms with E-state index in [4.69, 9.17) is 4.74 Å². The minimum absolute atomic E-state index is 0. The molecule has 1 aromatic rings. The first kappa shape index (κ1) is 18.8. The van der Waals surface area contributed by atoms with Gasteiger partial charge >= 0.3 is 0 Å². The number of carbonyl (C=O) groups is 1. The maximum atomic E-state index is 12.1. The largest absolute Gasteiger partial charge is 0.494 e. The summed E-state index contributed by atoms with van der Waals surface area (Å²) in [6, 6.07) is 6.11. The fourth-order valence-electron chi connectivity index (χ4n) is 2.47. The maximum Gasteiger partial charge on any atom is 0.222 e. The topological polar surface area (TPSA) is 41.6 Å². The molecular formula is C17H27ClN2O2. The molecule has 124 valence electrons. The Morgan fingerprint density at radius 1 is 1.23 bits per heavy atom. The molecule has 1 N–H and O–H groups in total. The Bertz CT molecular complexity index is 472. The zero-order valence-corrected chi connectivity index (χ0v) is 14.4. The monoisotopic (exact) mass is 326 g/mol. The minimum Gasteiger partial charge on any atom is -0.494 e. The van der Waals surface area contributed by atoms with Gasteiger partial charge in [-0.25, -0.2) is 0 Å². The van der Waals surface area contributed by atoms with Gasteiger partial charge in [0.05, 0.1) is 6.61 Å². The van der Waals surface area contributed by atoms with Crippen LogP contribution >= 0.6 is 12.4 Å². The van der Waals surface area contributed by atoms with E-state index < -0.39 is 0 Å². The number of ether oxygens (including phenoxy) is 1. The first-order valence-corrected chi connectivity index (χ1v) is 7.85. The molecule has 4 nitrogen and oxygen atoms in total. The number of aryl methyl sites for hydroxylation is 2. The van der Waals surface area contributed by atoms with Crippen molar-refractivity contribution in [3.05, 3.63) is 29.3 Å². The van der Waals surface area contributed by atoms with Crippen LogP contribution in [0.4, 0.5) is 0 Å². The lowest BCUT2D eigenvalue weighted by molar-refractivity contribution is -0.131. The number of carbonyl (C=O) groups excluding carboxylic acids is 1. The molecule has 1 fully saturated rings. The zero-order chi connectivity index (χ0) is 15.1. The Morgan fingerprint density at radius 2 is 2.05 bits per heavy atom. The smallest absolute Gasteiger partial charge is 0.222 e. The summed E-state index contributed by atoms with van der Waals surface area (Å²) in [5, 5.41) is 3.31. The highest BCUT2D eigenvalue weighted by molar-refractivity contribution is 5.85. The fourth-order valence-corrected chi connectivity index (χ4v) is 2.47. The molecule has 1 heterocycles. The molecule has 1 aliphatic heterocycles. The molecule has 0 radical (unpaired) electrons. The van der Waals surface area contributed by atoms with E-state index in [2.05, 4.69) is 31.3 Å². The van der Waals surface area contributed by atoms with Crippen LogP contribution in [0.25, 0.3) is 0 Å². The lowest BCUT2D eigenvalue weighted by atomic mass is 10.1. The normalized spacial score (nSPS) is 14.9. The molecular weight excluding hydrogens is 300 g/mol. The Morgan fingerprint density at radius 3 is 2.82 bits per heavy atom. The number of nitrogens with one attached hydrogen (secondary N) is 1. The van der Waals surface area contributed by atoms with Crippen LogP contribution in [0.15, 0.2) is 18.2 Å².